The van der Waals surface area contributed by atoms with Crippen molar-refractivity contribution < 1.29 is 9.90 Å². The minimum absolute atomic E-state index is 0.271. The molecule has 0 saturated heterocycles. The SMILES string of the molecule is CCCC(CCCC(=O)O)NCc1ccccc1. The first kappa shape index (κ1) is 14.7. The normalized spacial score (nSPS) is 12.3. The fourth-order valence-electron chi connectivity index (χ4n) is 2.05. The van der Waals surface area contributed by atoms with E-state index >= 15 is 0 Å². The Bertz CT molecular complexity index is 338. The van der Waals surface area contributed by atoms with E-state index in [1.54, 1.807) is 0 Å². The van der Waals surface area contributed by atoms with Crippen molar-refractivity contribution in [3.05, 3.63) is 35.9 Å². The number of rotatable bonds is 9. The molecule has 0 spiro atoms. The molecule has 0 saturated carbocycles. The molecule has 1 aromatic carbocycles. The summed E-state index contributed by atoms with van der Waals surface area (Å²) in [6.07, 6.45) is 4.19. The molecule has 0 heterocycles. The van der Waals surface area contributed by atoms with Gasteiger partial charge in [0.2, 0.25) is 0 Å². The maximum absolute atomic E-state index is 10.5. The molecule has 1 unspecified atom stereocenters. The quantitative estimate of drug-likeness (QED) is 0.706. The van der Waals surface area contributed by atoms with Gasteiger partial charge >= 0.3 is 5.97 Å². The van der Waals surface area contributed by atoms with Crippen LogP contribution in [-0.4, -0.2) is 17.1 Å². The molecule has 1 aromatic rings. The zero-order valence-electron chi connectivity index (χ0n) is 11.1. The van der Waals surface area contributed by atoms with E-state index in [1.807, 2.05) is 18.2 Å². The van der Waals surface area contributed by atoms with Gasteiger partial charge in [-0.3, -0.25) is 4.79 Å². The molecule has 0 fully saturated rings. The van der Waals surface area contributed by atoms with Crippen molar-refractivity contribution >= 4 is 5.97 Å². The predicted molar refractivity (Wildman–Crippen MR) is 73.5 cm³/mol. The van der Waals surface area contributed by atoms with E-state index in [2.05, 4.69) is 24.4 Å². The summed E-state index contributed by atoms with van der Waals surface area (Å²) < 4.78 is 0. The van der Waals surface area contributed by atoms with Crippen molar-refractivity contribution in [2.45, 2.75) is 51.6 Å². The van der Waals surface area contributed by atoms with Crippen LogP contribution in [0.3, 0.4) is 0 Å². The Kier molecular flexibility index (Phi) is 7.11. The van der Waals surface area contributed by atoms with Crippen LogP contribution in [0.2, 0.25) is 0 Å². The zero-order valence-corrected chi connectivity index (χ0v) is 11.1. The number of carbonyl (C=O) groups is 1. The van der Waals surface area contributed by atoms with Gasteiger partial charge in [0, 0.05) is 19.0 Å². The molecule has 1 atom stereocenters. The first-order valence-electron chi connectivity index (χ1n) is 6.71. The van der Waals surface area contributed by atoms with Crippen LogP contribution in [0, 0.1) is 0 Å². The van der Waals surface area contributed by atoms with Gasteiger partial charge in [0.15, 0.2) is 0 Å². The predicted octanol–water partition coefficient (Wildman–Crippen LogP) is 3.20. The molecule has 0 aliphatic heterocycles. The molecule has 0 bridgehead atoms. The summed E-state index contributed by atoms with van der Waals surface area (Å²) in [5.74, 6) is -0.701. The summed E-state index contributed by atoms with van der Waals surface area (Å²) in [5.41, 5.74) is 1.27. The maximum atomic E-state index is 10.5. The lowest BCUT2D eigenvalue weighted by molar-refractivity contribution is -0.137. The van der Waals surface area contributed by atoms with E-state index in [1.165, 1.54) is 5.56 Å². The third-order valence-electron chi connectivity index (χ3n) is 3.02. The van der Waals surface area contributed by atoms with Crippen LogP contribution < -0.4 is 5.32 Å². The Morgan fingerprint density at radius 2 is 2.00 bits per heavy atom. The monoisotopic (exact) mass is 249 g/mol. The molecule has 0 aliphatic rings. The minimum atomic E-state index is -0.701. The first-order chi connectivity index (χ1) is 8.72. The number of aliphatic carboxylic acids is 1. The molecule has 2 N–H and O–H groups in total. The average Bonchev–Trinajstić information content (AvgIpc) is 2.37. The Morgan fingerprint density at radius 1 is 1.28 bits per heavy atom. The van der Waals surface area contributed by atoms with Crippen LogP contribution in [0.4, 0.5) is 0 Å². The van der Waals surface area contributed by atoms with Crippen molar-refractivity contribution in [3.8, 4) is 0 Å². The second kappa shape index (κ2) is 8.70. The number of carboxylic acid groups (broad SMARTS) is 1. The molecule has 0 amide bonds. The Labute approximate surface area is 109 Å². The smallest absolute Gasteiger partial charge is 0.303 e. The van der Waals surface area contributed by atoms with Gasteiger partial charge in [0.25, 0.3) is 0 Å². The number of hydrogen-bond acceptors (Lipinski definition) is 2. The number of carboxylic acids is 1. The third kappa shape index (κ3) is 6.40. The second-order valence-electron chi connectivity index (χ2n) is 4.64. The highest BCUT2D eigenvalue weighted by Crippen LogP contribution is 2.08. The van der Waals surface area contributed by atoms with Crippen molar-refractivity contribution in [1.82, 2.24) is 5.32 Å². The van der Waals surface area contributed by atoms with Gasteiger partial charge in [-0.25, -0.2) is 0 Å². The van der Waals surface area contributed by atoms with Gasteiger partial charge in [-0.2, -0.15) is 0 Å². The lowest BCUT2D eigenvalue weighted by Crippen LogP contribution is -2.28. The fourth-order valence-corrected chi connectivity index (χ4v) is 2.05. The zero-order chi connectivity index (χ0) is 13.2. The van der Waals surface area contributed by atoms with E-state index in [0.29, 0.717) is 6.04 Å². The lowest BCUT2D eigenvalue weighted by Gasteiger charge is -2.17. The second-order valence-corrected chi connectivity index (χ2v) is 4.64. The van der Waals surface area contributed by atoms with E-state index in [9.17, 15) is 4.79 Å². The minimum Gasteiger partial charge on any atom is -0.481 e. The van der Waals surface area contributed by atoms with E-state index in [4.69, 9.17) is 5.11 Å². The van der Waals surface area contributed by atoms with E-state index in [0.717, 1.165) is 32.2 Å². The van der Waals surface area contributed by atoms with Crippen LogP contribution in [0.25, 0.3) is 0 Å². The highest BCUT2D eigenvalue weighted by atomic mass is 16.4. The Morgan fingerprint density at radius 3 is 2.61 bits per heavy atom. The van der Waals surface area contributed by atoms with Crippen LogP contribution in [0.15, 0.2) is 30.3 Å². The summed E-state index contributed by atoms with van der Waals surface area (Å²) in [6.45, 7) is 3.02. The standard InChI is InChI=1S/C15H23NO2/c1-2-7-14(10-6-11-15(17)18)16-12-13-8-4-3-5-9-13/h3-5,8-9,14,16H,2,6-7,10-12H2,1H3,(H,17,18). The Balaban J connectivity index is 2.31. The van der Waals surface area contributed by atoms with Crippen molar-refractivity contribution in [3.63, 3.8) is 0 Å². The molecular formula is C15H23NO2. The van der Waals surface area contributed by atoms with Gasteiger partial charge in [-0.05, 0) is 24.8 Å². The fraction of sp³-hybridized carbons (Fsp3) is 0.533. The summed E-state index contributed by atoms with van der Waals surface area (Å²) in [5, 5.41) is 12.2. The largest absolute Gasteiger partial charge is 0.481 e. The first-order valence-corrected chi connectivity index (χ1v) is 6.71. The van der Waals surface area contributed by atoms with Crippen LogP contribution >= 0.6 is 0 Å². The molecule has 0 radical (unpaired) electrons. The van der Waals surface area contributed by atoms with E-state index < -0.39 is 5.97 Å². The lowest BCUT2D eigenvalue weighted by atomic mass is 10.0. The van der Waals surface area contributed by atoms with Crippen LogP contribution in [-0.2, 0) is 11.3 Å². The van der Waals surface area contributed by atoms with Crippen molar-refractivity contribution in [1.29, 1.82) is 0 Å². The number of nitrogens with one attached hydrogen (secondary N) is 1. The van der Waals surface area contributed by atoms with Crippen molar-refractivity contribution in [2.75, 3.05) is 0 Å². The topological polar surface area (TPSA) is 49.3 Å². The highest BCUT2D eigenvalue weighted by molar-refractivity contribution is 5.66. The van der Waals surface area contributed by atoms with Gasteiger partial charge in [0.05, 0.1) is 0 Å². The van der Waals surface area contributed by atoms with Crippen molar-refractivity contribution in [2.24, 2.45) is 0 Å². The van der Waals surface area contributed by atoms with E-state index in [-0.39, 0.29) is 6.42 Å². The highest BCUT2D eigenvalue weighted by Gasteiger charge is 2.08. The molecule has 18 heavy (non-hydrogen) atoms. The molecule has 3 heteroatoms. The van der Waals surface area contributed by atoms with Gasteiger partial charge < -0.3 is 10.4 Å². The van der Waals surface area contributed by atoms with Gasteiger partial charge in [-0.1, -0.05) is 43.7 Å². The average molecular weight is 249 g/mol. The molecule has 1 rings (SSSR count). The molecule has 100 valence electrons. The summed E-state index contributed by atoms with van der Waals surface area (Å²) in [7, 11) is 0. The van der Waals surface area contributed by atoms with Crippen LogP contribution in [0.1, 0.15) is 44.6 Å². The van der Waals surface area contributed by atoms with Crippen LogP contribution in [0.5, 0.6) is 0 Å². The number of hydrogen-bond donors (Lipinski definition) is 2. The molecular weight excluding hydrogens is 226 g/mol. The Hall–Kier alpha value is -1.35. The summed E-state index contributed by atoms with van der Waals surface area (Å²) in [4.78, 5) is 10.5. The molecule has 0 aliphatic carbocycles. The summed E-state index contributed by atoms with van der Waals surface area (Å²) >= 11 is 0. The molecule has 0 aromatic heterocycles. The number of benzene rings is 1. The van der Waals surface area contributed by atoms with Gasteiger partial charge in [0.1, 0.15) is 0 Å². The maximum Gasteiger partial charge on any atom is 0.303 e. The third-order valence-corrected chi connectivity index (χ3v) is 3.02. The summed E-state index contributed by atoms with van der Waals surface area (Å²) in [6, 6.07) is 10.7. The van der Waals surface area contributed by atoms with Gasteiger partial charge in [-0.15, -0.1) is 0 Å². The molecule has 3 nitrogen and oxygen atoms in total.